The second-order valence-electron chi connectivity index (χ2n) is 5.85. The van der Waals surface area contributed by atoms with Crippen molar-refractivity contribution in [3.8, 4) is 0 Å². The van der Waals surface area contributed by atoms with Crippen LogP contribution in [0.5, 0.6) is 0 Å². The Balaban J connectivity index is 1.94. The van der Waals surface area contributed by atoms with Crippen molar-refractivity contribution < 1.29 is 19.4 Å². The number of hydrogen-bond donors (Lipinski definition) is 3. The van der Waals surface area contributed by atoms with Gasteiger partial charge in [-0.3, -0.25) is 0 Å². The summed E-state index contributed by atoms with van der Waals surface area (Å²) in [5.41, 5.74) is -1.38. The quantitative estimate of drug-likeness (QED) is 0.720. The first-order chi connectivity index (χ1) is 8.96. The number of aliphatic carboxylic acids is 1. The van der Waals surface area contributed by atoms with E-state index in [1.54, 1.807) is 0 Å². The van der Waals surface area contributed by atoms with E-state index in [1.807, 2.05) is 6.92 Å². The highest BCUT2D eigenvalue weighted by atomic mass is 16.5. The molecule has 0 aromatic heterocycles. The van der Waals surface area contributed by atoms with Crippen molar-refractivity contribution in [2.45, 2.75) is 56.5 Å². The average Bonchev–Trinajstić information content (AvgIpc) is 2.78. The molecule has 2 rings (SSSR count). The molecule has 0 spiro atoms. The van der Waals surface area contributed by atoms with Gasteiger partial charge in [0.25, 0.3) is 0 Å². The Morgan fingerprint density at radius 2 is 1.63 bits per heavy atom. The Labute approximate surface area is 112 Å². The lowest BCUT2D eigenvalue weighted by Gasteiger charge is -2.36. The van der Waals surface area contributed by atoms with E-state index in [0.717, 1.165) is 25.7 Å². The van der Waals surface area contributed by atoms with Crippen LogP contribution in [0.2, 0.25) is 0 Å². The van der Waals surface area contributed by atoms with E-state index in [0.29, 0.717) is 26.1 Å². The summed E-state index contributed by atoms with van der Waals surface area (Å²) in [6, 6.07) is -0.381. The Bertz CT molecular complexity index is 358. The summed E-state index contributed by atoms with van der Waals surface area (Å²) >= 11 is 0. The van der Waals surface area contributed by atoms with Crippen molar-refractivity contribution in [2.75, 3.05) is 13.2 Å². The van der Waals surface area contributed by atoms with Gasteiger partial charge in [0.2, 0.25) is 0 Å². The van der Waals surface area contributed by atoms with Crippen LogP contribution in [0.25, 0.3) is 0 Å². The van der Waals surface area contributed by atoms with Gasteiger partial charge in [-0.2, -0.15) is 0 Å². The fourth-order valence-electron chi connectivity index (χ4n) is 2.84. The molecule has 2 fully saturated rings. The molecular weight excluding hydrogens is 248 g/mol. The van der Waals surface area contributed by atoms with Crippen LogP contribution in [0.3, 0.4) is 0 Å². The number of amides is 2. The van der Waals surface area contributed by atoms with Crippen molar-refractivity contribution in [2.24, 2.45) is 0 Å². The molecule has 1 aliphatic heterocycles. The lowest BCUT2D eigenvalue weighted by molar-refractivity contribution is -0.144. The summed E-state index contributed by atoms with van der Waals surface area (Å²) < 4.78 is 5.27. The fraction of sp³-hybridized carbons (Fsp3) is 0.846. The second kappa shape index (κ2) is 5.36. The van der Waals surface area contributed by atoms with Crippen LogP contribution in [-0.4, -0.2) is 41.4 Å². The predicted molar refractivity (Wildman–Crippen MR) is 69.0 cm³/mol. The van der Waals surface area contributed by atoms with Crippen LogP contribution in [-0.2, 0) is 9.53 Å². The Kier molecular flexibility index (Phi) is 3.99. The number of carboxylic acid groups (broad SMARTS) is 1. The lowest BCUT2D eigenvalue weighted by Crippen LogP contribution is -2.60. The molecule has 1 saturated carbocycles. The number of carbonyl (C=O) groups excluding carboxylic acids is 1. The maximum Gasteiger partial charge on any atom is 0.329 e. The van der Waals surface area contributed by atoms with Crippen LogP contribution in [0.4, 0.5) is 4.79 Å². The van der Waals surface area contributed by atoms with Gasteiger partial charge >= 0.3 is 12.0 Å². The van der Waals surface area contributed by atoms with Gasteiger partial charge in [-0.25, -0.2) is 9.59 Å². The summed E-state index contributed by atoms with van der Waals surface area (Å²) in [6.45, 7) is 3.22. The molecule has 0 atom stereocenters. The zero-order valence-electron chi connectivity index (χ0n) is 11.3. The van der Waals surface area contributed by atoms with E-state index < -0.39 is 11.5 Å². The molecule has 0 aromatic carbocycles. The largest absolute Gasteiger partial charge is 0.480 e. The number of urea groups is 1. The van der Waals surface area contributed by atoms with E-state index in [2.05, 4.69) is 10.6 Å². The monoisotopic (exact) mass is 270 g/mol. The van der Waals surface area contributed by atoms with Crippen molar-refractivity contribution >= 4 is 12.0 Å². The van der Waals surface area contributed by atoms with Gasteiger partial charge in [-0.1, -0.05) is 12.8 Å². The van der Waals surface area contributed by atoms with Crippen LogP contribution < -0.4 is 10.6 Å². The van der Waals surface area contributed by atoms with E-state index in [1.165, 1.54) is 0 Å². The summed E-state index contributed by atoms with van der Waals surface area (Å²) in [7, 11) is 0. The first kappa shape index (κ1) is 14.1. The van der Waals surface area contributed by atoms with Gasteiger partial charge < -0.3 is 20.5 Å². The van der Waals surface area contributed by atoms with Gasteiger partial charge in [0.05, 0.1) is 0 Å². The van der Waals surface area contributed by atoms with Crippen LogP contribution in [0, 0.1) is 0 Å². The van der Waals surface area contributed by atoms with E-state index >= 15 is 0 Å². The molecule has 0 bridgehead atoms. The Morgan fingerprint density at radius 3 is 2.16 bits per heavy atom. The number of carbonyl (C=O) groups is 2. The molecule has 0 aromatic rings. The van der Waals surface area contributed by atoms with Crippen LogP contribution in [0.15, 0.2) is 0 Å². The second-order valence-corrected chi connectivity index (χ2v) is 5.85. The third-order valence-corrected chi connectivity index (χ3v) is 4.23. The van der Waals surface area contributed by atoms with E-state index in [-0.39, 0.29) is 11.6 Å². The summed E-state index contributed by atoms with van der Waals surface area (Å²) in [6.07, 6.45) is 4.21. The minimum atomic E-state index is -1.08. The van der Waals surface area contributed by atoms with Crippen molar-refractivity contribution in [1.82, 2.24) is 10.6 Å². The van der Waals surface area contributed by atoms with Gasteiger partial charge in [0.1, 0.15) is 5.54 Å². The molecule has 1 heterocycles. The average molecular weight is 270 g/mol. The van der Waals surface area contributed by atoms with Crippen molar-refractivity contribution in [3.05, 3.63) is 0 Å². The molecule has 108 valence electrons. The lowest BCUT2D eigenvalue weighted by atomic mass is 9.92. The molecule has 0 radical (unpaired) electrons. The van der Waals surface area contributed by atoms with Gasteiger partial charge in [-0.05, 0) is 32.6 Å². The first-order valence-corrected chi connectivity index (χ1v) is 6.87. The SMILES string of the molecule is CC1(NC(=O)NC2(C(=O)O)CCCC2)CCOCC1. The molecule has 3 N–H and O–H groups in total. The molecule has 1 aliphatic carbocycles. The third kappa shape index (κ3) is 3.18. The summed E-state index contributed by atoms with van der Waals surface area (Å²) in [4.78, 5) is 23.4. The van der Waals surface area contributed by atoms with Crippen LogP contribution in [0.1, 0.15) is 45.4 Å². The minimum absolute atomic E-state index is 0.305. The van der Waals surface area contributed by atoms with Gasteiger partial charge in [0.15, 0.2) is 0 Å². The summed E-state index contributed by atoms with van der Waals surface area (Å²) in [5.74, 6) is -0.933. The molecule has 6 nitrogen and oxygen atoms in total. The van der Waals surface area contributed by atoms with Gasteiger partial charge in [-0.15, -0.1) is 0 Å². The zero-order valence-corrected chi connectivity index (χ0v) is 11.3. The fourth-order valence-corrected chi connectivity index (χ4v) is 2.84. The topological polar surface area (TPSA) is 87.7 Å². The van der Waals surface area contributed by atoms with Crippen molar-refractivity contribution in [3.63, 3.8) is 0 Å². The maximum atomic E-state index is 12.1. The minimum Gasteiger partial charge on any atom is -0.480 e. The number of rotatable bonds is 3. The number of ether oxygens (including phenoxy) is 1. The normalized spacial score (nSPS) is 24.7. The molecule has 0 unspecified atom stereocenters. The standard InChI is InChI=1S/C13H22N2O4/c1-12(6-8-19-9-7-12)14-11(18)15-13(10(16)17)4-2-3-5-13/h2-9H2,1H3,(H,16,17)(H2,14,15,18). The highest BCUT2D eigenvalue weighted by molar-refractivity contribution is 5.86. The van der Waals surface area contributed by atoms with Gasteiger partial charge in [0, 0.05) is 18.8 Å². The number of carboxylic acids is 1. The number of nitrogens with one attached hydrogen (secondary N) is 2. The molecule has 2 amide bonds. The van der Waals surface area contributed by atoms with Crippen LogP contribution >= 0.6 is 0 Å². The molecular formula is C13H22N2O4. The van der Waals surface area contributed by atoms with E-state index in [4.69, 9.17) is 4.74 Å². The molecule has 1 saturated heterocycles. The first-order valence-electron chi connectivity index (χ1n) is 6.87. The molecule has 2 aliphatic rings. The highest BCUT2D eigenvalue weighted by Gasteiger charge is 2.43. The number of hydrogen-bond acceptors (Lipinski definition) is 3. The van der Waals surface area contributed by atoms with E-state index in [9.17, 15) is 14.7 Å². The molecule has 6 heteroatoms. The Hall–Kier alpha value is -1.30. The third-order valence-electron chi connectivity index (χ3n) is 4.23. The predicted octanol–water partition coefficient (Wildman–Crippen LogP) is 1.25. The smallest absolute Gasteiger partial charge is 0.329 e. The van der Waals surface area contributed by atoms with Crippen molar-refractivity contribution in [1.29, 1.82) is 0 Å². The Morgan fingerprint density at radius 1 is 1.05 bits per heavy atom. The highest BCUT2D eigenvalue weighted by Crippen LogP contribution is 2.30. The summed E-state index contributed by atoms with van der Waals surface area (Å²) in [5, 5.41) is 14.9. The maximum absolute atomic E-state index is 12.1. The zero-order chi connectivity index (χ0) is 13.9. The molecule has 19 heavy (non-hydrogen) atoms.